The molecule has 2 fully saturated rings. The van der Waals surface area contributed by atoms with E-state index in [0.717, 1.165) is 39.3 Å². The molecule has 0 saturated carbocycles. The van der Waals surface area contributed by atoms with Crippen molar-refractivity contribution >= 4 is 11.3 Å². The highest BCUT2D eigenvalue weighted by molar-refractivity contribution is 7.10. The van der Waals surface area contributed by atoms with Crippen LogP contribution >= 0.6 is 11.3 Å². The van der Waals surface area contributed by atoms with E-state index in [4.69, 9.17) is 0 Å². The molecule has 2 aliphatic rings. The molecule has 3 rings (SSSR count). The first-order chi connectivity index (χ1) is 9.79. The summed E-state index contributed by atoms with van der Waals surface area (Å²) in [6.07, 6.45) is 2.48. The molecule has 0 aliphatic carbocycles. The summed E-state index contributed by atoms with van der Waals surface area (Å²) in [6.45, 7) is 8.11. The molecule has 1 aromatic rings. The number of hydrogen-bond donors (Lipinski definition) is 2. The molecule has 5 heteroatoms. The highest BCUT2D eigenvalue weighted by atomic mass is 32.1. The molecular weight excluding hydrogens is 270 g/mol. The average Bonchev–Trinajstić information content (AvgIpc) is 3.03. The molecule has 0 amide bonds. The minimum atomic E-state index is -0.235. The van der Waals surface area contributed by atoms with Crippen LogP contribution in [0.15, 0.2) is 11.4 Å². The van der Waals surface area contributed by atoms with Gasteiger partial charge in [-0.25, -0.2) is 0 Å². The van der Waals surface area contributed by atoms with Gasteiger partial charge in [-0.05, 0) is 42.9 Å². The molecule has 1 atom stereocenters. The number of aliphatic hydroxyl groups excluding tert-OH is 1. The van der Waals surface area contributed by atoms with Gasteiger partial charge in [0.2, 0.25) is 0 Å². The predicted molar refractivity (Wildman–Crippen MR) is 83.0 cm³/mol. The molecule has 4 nitrogen and oxygen atoms in total. The first-order valence-electron chi connectivity index (χ1n) is 7.69. The van der Waals surface area contributed by atoms with Gasteiger partial charge >= 0.3 is 0 Å². The summed E-state index contributed by atoms with van der Waals surface area (Å²) >= 11 is 1.86. The summed E-state index contributed by atoms with van der Waals surface area (Å²) in [5.41, 5.74) is 1.46. The number of thiophene rings is 1. The quantitative estimate of drug-likeness (QED) is 0.873. The largest absolute Gasteiger partial charge is 0.390 e. The Labute approximate surface area is 125 Å². The maximum atomic E-state index is 9.83. The number of hydrogen-bond acceptors (Lipinski definition) is 5. The lowest BCUT2D eigenvalue weighted by Gasteiger charge is -2.20. The van der Waals surface area contributed by atoms with Gasteiger partial charge in [-0.15, -0.1) is 11.3 Å². The Hall–Kier alpha value is -0.460. The molecule has 3 heterocycles. The second-order valence-electron chi connectivity index (χ2n) is 6.00. The SMILES string of the molecule is O[C@H]1CNCCN(Cc2cc(CN3CCCC3)cs2)C1. The molecule has 2 aliphatic heterocycles. The van der Waals surface area contributed by atoms with Crippen LogP contribution in [0.4, 0.5) is 0 Å². The molecule has 1 aromatic heterocycles. The monoisotopic (exact) mass is 295 g/mol. The lowest BCUT2D eigenvalue weighted by atomic mass is 10.2. The number of β-amino-alcohol motifs (C(OH)–C–C–N with tert-alkyl or cyclic N) is 1. The van der Waals surface area contributed by atoms with E-state index in [1.54, 1.807) is 0 Å². The second kappa shape index (κ2) is 7.00. The van der Waals surface area contributed by atoms with Gasteiger partial charge in [0.1, 0.15) is 0 Å². The number of nitrogens with one attached hydrogen (secondary N) is 1. The van der Waals surface area contributed by atoms with Gasteiger partial charge < -0.3 is 10.4 Å². The van der Waals surface area contributed by atoms with Gasteiger partial charge in [0.25, 0.3) is 0 Å². The zero-order valence-electron chi connectivity index (χ0n) is 12.1. The molecule has 0 spiro atoms. The van der Waals surface area contributed by atoms with Crippen molar-refractivity contribution in [2.45, 2.75) is 32.0 Å². The van der Waals surface area contributed by atoms with Crippen molar-refractivity contribution < 1.29 is 5.11 Å². The van der Waals surface area contributed by atoms with Crippen molar-refractivity contribution in [1.29, 1.82) is 0 Å². The number of aliphatic hydroxyl groups is 1. The van der Waals surface area contributed by atoms with E-state index in [1.807, 2.05) is 11.3 Å². The summed E-state index contributed by atoms with van der Waals surface area (Å²) in [7, 11) is 0. The van der Waals surface area contributed by atoms with Crippen molar-refractivity contribution in [3.63, 3.8) is 0 Å². The van der Waals surface area contributed by atoms with Crippen molar-refractivity contribution in [2.75, 3.05) is 39.3 Å². The van der Waals surface area contributed by atoms with Gasteiger partial charge in [0, 0.05) is 44.1 Å². The lowest BCUT2D eigenvalue weighted by Crippen LogP contribution is -2.32. The molecular formula is C15H25N3OS. The fourth-order valence-electron chi connectivity index (χ4n) is 3.11. The van der Waals surface area contributed by atoms with Crippen molar-refractivity contribution in [3.05, 3.63) is 21.9 Å². The second-order valence-corrected chi connectivity index (χ2v) is 6.99. The van der Waals surface area contributed by atoms with E-state index in [9.17, 15) is 5.11 Å². The van der Waals surface area contributed by atoms with E-state index in [0.29, 0.717) is 0 Å². The summed E-state index contributed by atoms with van der Waals surface area (Å²) in [5.74, 6) is 0. The van der Waals surface area contributed by atoms with Crippen LogP contribution in [-0.4, -0.2) is 60.3 Å². The molecule has 0 aromatic carbocycles. The van der Waals surface area contributed by atoms with Gasteiger partial charge in [-0.2, -0.15) is 0 Å². The van der Waals surface area contributed by atoms with Crippen molar-refractivity contribution in [3.8, 4) is 0 Å². The summed E-state index contributed by atoms with van der Waals surface area (Å²) in [6, 6.07) is 2.35. The van der Waals surface area contributed by atoms with Gasteiger partial charge in [-0.3, -0.25) is 9.80 Å². The molecule has 2 saturated heterocycles. The first kappa shape index (κ1) is 14.5. The number of nitrogens with zero attached hydrogens (tertiary/aromatic N) is 2. The summed E-state index contributed by atoms with van der Waals surface area (Å²) in [4.78, 5) is 6.33. The minimum absolute atomic E-state index is 0.235. The smallest absolute Gasteiger partial charge is 0.0791 e. The Morgan fingerprint density at radius 1 is 1.20 bits per heavy atom. The van der Waals surface area contributed by atoms with E-state index in [2.05, 4.69) is 26.6 Å². The van der Waals surface area contributed by atoms with Gasteiger partial charge in [-0.1, -0.05) is 0 Å². The third-order valence-electron chi connectivity index (χ3n) is 4.15. The Morgan fingerprint density at radius 3 is 2.90 bits per heavy atom. The Balaban J connectivity index is 1.53. The molecule has 0 radical (unpaired) electrons. The maximum Gasteiger partial charge on any atom is 0.0791 e. The van der Waals surface area contributed by atoms with Crippen LogP contribution in [0.5, 0.6) is 0 Å². The molecule has 0 unspecified atom stereocenters. The van der Waals surface area contributed by atoms with E-state index in [1.165, 1.54) is 36.4 Å². The first-order valence-corrected chi connectivity index (χ1v) is 8.57. The summed E-state index contributed by atoms with van der Waals surface area (Å²) in [5, 5.41) is 15.4. The Kier molecular flexibility index (Phi) is 5.07. The van der Waals surface area contributed by atoms with Gasteiger partial charge in [0.05, 0.1) is 6.10 Å². The van der Waals surface area contributed by atoms with E-state index < -0.39 is 0 Å². The number of likely N-dealkylation sites (tertiary alicyclic amines) is 1. The van der Waals surface area contributed by atoms with Crippen LogP contribution < -0.4 is 5.32 Å². The molecule has 20 heavy (non-hydrogen) atoms. The third-order valence-corrected chi connectivity index (χ3v) is 5.12. The fourth-order valence-corrected chi connectivity index (χ4v) is 4.04. The zero-order valence-corrected chi connectivity index (χ0v) is 12.9. The van der Waals surface area contributed by atoms with Crippen LogP contribution in [-0.2, 0) is 13.1 Å². The average molecular weight is 295 g/mol. The zero-order chi connectivity index (χ0) is 13.8. The topological polar surface area (TPSA) is 38.7 Å². The molecule has 0 bridgehead atoms. The number of rotatable bonds is 4. The van der Waals surface area contributed by atoms with E-state index in [-0.39, 0.29) is 6.10 Å². The minimum Gasteiger partial charge on any atom is -0.390 e. The lowest BCUT2D eigenvalue weighted by molar-refractivity contribution is 0.128. The third kappa shape index (κ3) is 4.02. The van der Waals surface area contributed by atoms with Crippen molar-refractivity contribution in [1.82, 2.24) is 15.1 Å². The van der Waals surface area contributed by atoms with E-state index >= 15 is 0 Å². The fraction of sp³-hybridized carbons (Fsp3) is 0.733. The highest BCUT2D eigenvalue weighted by Crippen LogP contribution is 2.20. The van der Waals surface area contributed by atoms with Crippen LogP contribution in [0.1, 0.15) is 23.3 Å². The van der Waals surface area contributed by atoms with Gasteiger partial charge in [0.15, 0.2) is 0 Å². The van der Waals surface area contributed by atoms with Crippen molar-refractivity contribution in [2.24, 2.45) is 0 Å². The maximum absolute atomic E-state index is 9.83. The summed E-state index contributed by atoms with van der Waals surface area (Å²) < 4.78 is 0. The Bertz CT molecular complexity index is 417. The van der Waals surface area contributed by atoms with Crippen LogP contribution in [0, 0.1) is 0 Å². The normalized spacial score (nSPS) is 25.9. The highest BCUT2D eigenvalue weighted by Gasteiger charge is 2.17. The molecule has 2 N–H and O–H groups in total. The predicted octanol–water partition coefficient (Wildman–Crippen LogP) is 1.11. The van der Waals surface area contributed by atoms with Crippen LogP contribution in [0.2, 0.25) is 0 Å². The standard InChI is InChI=1S/C15H25N3OS/c19-14-8-16-3-6-18(10-14)11-15-7-13(12-20-15)9-17-4-1-2-5-17/h7,12,14,16,19H,1-6,8-11H2/t14-/m0/s1. The molecule has 112 valence electrons. The Morgan fingerprint density at radius 2 is 2.05 bits per heavy atom. The van der Waals surface area contributed by atoms with Crippen LogP contribution in [0.3, 0.4) is 0 Å². The van der Waals surface area contributed by atoms with Crippen LogP contribution in [0.25, 0.3) is 0 Å².